The Balaban J connectivity index is 3.21. The molecule has 0 aromatic rings. The summed E-state index contributed by atoms with van der Waals surface area (Å²) in [5.41, 5.74) is 4.83. The number of hydrogen-bond acceptors (Lipinski definition) is 3. The largest absolute Gasteiger partial charge is 0.480 e. The van der Waals surface area contributed by atoms with Crippen LogP contribution in [0.1, 0.15) is 6.42 Å². The number of nitrogens with two attached hydrogens (primary N) is 1. The zero-order valence-corrected chi connectivity index (χ0v) is 6.27. The van der Waals surface area contributed by atoms with Crippen molar-refractivity contribution in [2.24, 2.45) is 5.73 Å². The molecule has 1 unspecified atom stereocenters. The summed E-state index contributed by atoms with van der Waals surface area (Å²) >= 11 is 5.57. The van der Waals surface area contributed by atoms with Crippen LogP contribution in [-0.4, -0.2) is 29.7 Å². The van der Waals surface area contributed by atoms with Crippen LogP contribution < -0.4 is 11.1 Å². The molecule has 0 rings (SSSR count). The van der Waals surface area contributed by atoms with Crippen molar-refractivity contribution in [3.05, 3.63) is 0 Å². The molecular weight excluding hydrogens is 156 g/mol. The van der Waals surface area contributed by atoms with E-state index in [1.165, 1.54) is 0 Å². The smallest absolute Gasteiger partial charge is 0.317 e. The molecule has 0 fully saturated rings. The van der Waals surface area contributed by atoms with Crippen LogP contribution in [0.5, 0.6) is 0 Å². The molecule has 0 aliphatic heterocycles. The number of aliphatic carboxylic acids is 1. The van der Waals surface area contributed by atoms with Crippen LogP contribution in [-0.2, 0) is 4.79 Å². The Hall–Kier alpha value is -0.320. The van der Waals surface area contributed by atoms with Crippen molar-refractivity contribution in [2.45, 2.75) is 11.9 Å². The highest BCUT2D eigenvalue weighted by molar-refractivity contribution is 6.20. The zero-order chi connectivity index (χ0) is 7.98. The monoisotopic (exact) mass is 166 g/mol. The van der Waals surface area contributed by atoms with Crippen molar-refractivity contribution in [3.8, 4) is 0 Å². The molecule has 0 saturated heterocycles. The number of alkyl halides is 1. The van der Waals surface area contributed by atoms with Gasteiger partial charge in [0, 0.05) is 0 Å². The number of hydrogen-bond donors (Lipinski definition) is 3. The van der Waals surface area contributed by atoms with Crippen LogP contribution in [0.15, 0.2) is 0 Å². The zero-order valence-electron chi connectivity index (χ0n) is 5.51. The van der Waals surface area contributed by atoms with Crippen molar-refractivity contribution < 1.29 is 9.90 Å². The number of carboxylic acid groups (broad SMARTS) is 1. The van der Waals surface area contributed by atoms with E-state index < -0.39 is 5.97 Å². The van der Waals surface area contributed by atoms with Crippen molar-refractivity contribution in [3.63, 3.8) is 0 Å². The molecule has 1 atom stereocenters. The lowest BCUT2D eigenvalue weighted by atomic mass is 10.4. The molecule has 0 bridgehead atoms. The molecule has 0 aliphatic carbocycles. The van der Waals surface area contributed by atoms with Gasteiger partial charge in [-0.2, -0.15) is 0 Å². The first-order chi connectivity index (χ1) is 4.66. The molecular formula is C5H11ClN2O2. The highest BCUT2D eigenvalue weighted by Gasteiger charge is 2.03. The van der Waals surface area contributed by atoms with Crippen molar-refractivity contribution in [2.75, 3.05) is 13.1 Å². The van der Waals surface area contributed by atoms with E-state index in [9.17, 15) is 4.79 Å². The second-order valence-electron chi connectivity index (χ2n) is 1.82. The minimum absolute atomic E-state index is 0.117. The maximum absolute atomic E-state index is 9.96. The Morgan fingerprint density at radius 3 is 2.80 bits per heavy atom. The second kappa shape index (κ2) is 5.46. The maximum atomic E-state index is 9.96. The topological polar surface area (TPSA) is 75.3 Å². The summed E-state index contributed by atoms with van der Waals surface area (Å²) in [5, 5.41) is 10.7. The van der Waals surface area contributed by atoms with E-state index in [1.807, 2.05) is 0 Å². The van der Waals surface area contributed by atoms with E-state index in [-0.39, 0.29) is 12.0 Å². The van der Waals surface area contributed by atoms with E-state index in [1.54, 1.807) is 0 Å². The Bertz CT molecular complexity index is 110. The molecule has 0 aromatic heterocycles. The van der Waals surface area contributed by atoms with Gasteiger partial charge in [0.05, 0.1) is 12.0 Å². The minimum Gasteiger partial charge on any atom is -0.480 e. The first-order valence-corrected chi connectivity index (χ1v) is 3.39. The van der Waals surface area contributed by atoms with E-state index in [4.69, 9.17) is 22.4 Å². The highest BCUT2D eigenvalue weighted by Crippen LogP contribution is 1.93. The van der Waals surface area contributed by atoms with Gasteiger partial charge in [0.2, 0.25) is 0 Å². The normalized spacial score (nSPS) is 13.0. The first-order valence-electron chi connectivity index (χ1n) is 2.96. The molecule has 10 heavy (non-hydrogen) atoms. The summed E-state index contributed by atoms with van der Waals surface area (Å²) in [6, 6.07) is 0. The van der Waals surface area contributed by atoms with Gasteiger partial charge in [0.25, 0.3) is 0 Å². The summed E-state index contributed by atoms with van der Waals surface area (Å²) in [5.74, 6) is -0.914. The van der Waals surface area contributed by atoms with Crippen LogP contribution in [0.4, 0.5) is 0 Å². The van der Waals surface area contributed by atoms with Gasteiger partial charge in [-0.1, -0.05) is 0 Å². The maximum Gasteiger partial charge on any atom is 0.317 e. The number of halogens is 1. The first kappa shape index (κ1) is 9.68. The van der Waals surface area contributed by atoms with Gasteiger partial charge >= 0.3 is 5.97 Å². The molecule has 0 radical (unpaired) electrons. The number of carboxylic acids is 1. The lowest BCUT2D eigenvalue weighted by molar-refractivity contribution is -0.136. The fraction of sp³-hybridized carbons (Fsp3) is 0.800. The molecule has 0 amide bonds. The average molecular weight is 167 g/mol. The lowest BCUT2D eigenvalue weighted by Crippen LogP contribution is -2.31. The average Bonchev–Trinajstić information content (AvgIpc) is 1.85. The molecule has 4 N–H and O–H groups in total. The van der Waals surface area contributed by atoms with Crippen LogP contribution in [0.3, 0.4) is 0 Å². The highest BCUT2D eigenvalue weighted by atomic mass is 35.5. The summed E-state index contributed by atoms with van der Waals surface area (Å²) in [6.45, 7) is 0.342. The number of nitrogens with one attached hydrogen (secondary N) is 1. The fourth-order valence-corrected chi connectivity index (χ4v) is 0.650. The molecule has 0 aromatic carbocycles. The van der Waals surface area contributed by atoms with E-state index in [0.717, 1.165) is 0 Å². The van der Waals surface area contributed by atoms with Crippen molar-refractivity contribution in [1.82, 2.24) is 5.32 Å². The number of rotatable bonds is 5. The summed E-state index contributed by atoms with van der Waals surface area (Å²) in [6.07, 6.45) is 0.578. The Kier molecular flexibility index (Phi) is 5.29. The molecule has 60 valence electrons. The van der Waals surface area contributed by atoms with Gasteiger partial charge < -0.3 is 10.8 Å². The molecule has 0 saturated carbocycles. The summed E-state index contributed by atoms with van der Waals surface area (Å²) in [7, 11) is 0. The van der Waals surface area contributed by atoms with Gasteiger partial charge in [-0.15, -0.1) is 11.6 Å². The third-order valence-electron chi connectivity index (χ3n) is 0.895. The van der Waals surface area contributed by atoms with Gasteiger partial charge in [-0.05, 0) is 13.0 Å². The fourth-order valence-electron chi connectivity index (χ4n) is 0.446. The van der Waals surface area contributed by atoms with Crippen LogP contribution >= 0.6 is 11.6 Å². The summed E-state index contributed by atoms with van der Waals surface area (Å²) < 4.78 is 0. The summed E-state index contributed by atoms with van der Waals surface area (Å²) in [4.78, 5) is 9.96. The predicted molar refractivity (Wildman–Crippen MR) is 39.0 cm³/mol. The van der Waals surface area contributed by atoms with Crippen LogP contribution in [0.2, 0.25) is 0 Å². The predicted octanol–water partition coefficient (Wildman–Crippen LogP) is -0.426. The van der Waals surface area contributed by atoms with Crippen LogP contribution in [0, 0.1) is 0 Å². The number of carbonyl (C=O) groups is 1. The molecule has 0 spiro atoms. The standard InChI is InChI=1S/C5H11ClN2O2/c6-4(1-2-7)8-3-5(9)10/h4,8H,1-3,7H2,(H,9,10). The SMILES string of the molecule is NCCC(Cl)NCC(=O)O. The van der Waals surface area contributed by atoms with Gasteiger partial charge in [0.15, 0.2) is 0 Å². The quantitative estimate of drug-likeness (QED) is 0.383. The van der Waals surface area contributed by atoms with Crippen molar-refractivity contribution in [1.29, 1.82) is 0 Å². The van der Waals surface area contributed by atoms with E-state index in [0.29, 0.717) is 13.0 Å². The Labute approximate surface area is 64.3 Å². The van der Waals surface area contributed by atoms with Gasteiger partial charge in [0.1, 0.15) is 0 Å². The van der Waals surface area contributed by atoms with Crippen molar-refractivity contribution >= 4 is 17.6 Å². The van der Waals surface area contributed by atoms with E-state index >= 15 is 0 Å². The molecule has 0 aliphatic rings. The molecule has 4 nitrogen and oxygen atoms in total. The molecule has 5 heteroatoms. The second-order valence-corrected chi connectivity index (χ2v) is 2.35. The molecule has 0 heterocycles. The Morgan fingerprint density at radius 1 is 1.80 bits per heavy atom. The van der Waals surface area contributed by atoms with E-state index in [2.05, 4.69) is 5.32 Å². The Morgan fingerprint density at radius 2 is 2.40 bits per heavy atom. The van der Waals surface area contributed by atoms with Gasteiger partial charge in [-0.3, -0.25) is 10.1 Å². The lowest BCUT2D eigenvalue weighted by Gasteiger charge is -2.06. The van der Waals surface area contributed by atoms with Gasteiger partial charge in [-0.25, -0.2) is 0 Å². The third-order valence-corrected chi connectivity index (χ3v) is 1.27. The minimum atomic E-state index is -0.914. The van der Waals surface area contributed by atoms with Crippen LogP contribution in [0.25, 0.3) is 0 Å². The third kappa shape index (κ3) is 5.81.